The van der Waals surface area contributed by atoms with Gasteiger partial charge in [0.2, 0.25) is 5.91 Å². The summed E-state index contributed by atoms with van der Waals surface area (Å²) in [6, 6.07) is 8.14. The molecule has 1 aliphatic heterocycles. The van der Waals surface area contributed by atoms with Crippen molar-refractivity contribution in [2.75, 3.05) is 18.5 Å². The van der Waals surface area contributed by atoms with Gasteiger partial charge in [0.25, 0.3) is 5.78 Å². The van der Waals surface area contributed by atoms with Crippen molar-refractivity contribution in [1.29, 1.82) is 0 Å². The molecule has 1 fully saturated rings. The van der Waals surface area contributed by atoms with E-state index in [-0.39, 0.29) is 5.91 Å². The molecular formula is C22H27N5O2S. The number of amides is 1. The molecule has 1 amide bonds. The van der Waals surface area contributed by atoms with Gasteiger partial charge in [-0.05, 0) is 56.4 Å². The van der Waals surface area contributed by atoms with Crippen molar-refractivity contribution in [1.82, 2.24) is 19.6 Å². The highest BCUT2D eigenvalue weighted by atomic mass is 32.2. The van der Waals surface area contributed by atoms with Gasteiger partial charge in [0.05, 0.1) is 0 Å². The van der Waals surface area contributed by atoms with Gasteiger partial charge in [0.1, 0.15) is 6.33 Å². The quantitative estimate of drug-likeness (QED) is 0.621. The molecular weight excluding hydrogens is 398 g/mol. The van der Waals surface area contributed by atoms with Gasteiger partial charge in [-0.25, -0.2) is 9.50 Å². The third-order valence-corrected chi connectivity index (χ3v) is 6.90. The SMILES string of the molecule is Cc1nc2ncnn2c(C)c1CCC(=O)Nc1cccc(CSC2CCOCC2)c1. The highest BCUT2D eigenvalue weighted by Gasteiger charge is 2.15. The zero-order valence-corrected chi connectivity index (χ0v) is 18.2. The highest BCUT2D eigenvalue weighted by Crippen LogP contribution is 2.26. The van der Waals surface area contributed by atoms with Crippen LogP contribution in [-0.4, -0.2) is 44.0 Å². The Morgan fingerprint density at radius 3 is 2.97 bits per heavy atom. The van der Waals surface area contributed by atoms with Crippen LogP contribution in [0.1, 0.15) is 41.8 Å². The lowest BCUT2D eigenvalue weighted by atomic mass is 10.1. The molecule has 0 atom stereocenters. The first-order chi connectivity index (χ1) is 14.6. The fraction of sp³-hybridized carbons (Fsp3) is 0.455. The number of fused-ring (bicyclic) bond motifs is 1. The number of hydrogen-bond acceptors (Lipinski definition) is 6. The summed E-state index contributed by atoms with van der Waals surface area (Å²) < 4.78 is 7.15. The smallest absolute Gasteiger partial charge is 0.252 e. The minimum Gasteiger partial charge on any atom is -0.381 e. The number of rotatable bonds is 7. The molecule has 0 unspecified atom stereocenters. The Morgan fingerprint density at radius 2 is 2.13 bits per heavy atom. The predicted molar refractivity (Wildman–Crippen MR) is 119 cm³/mol. The maximum absolute atomic E-state index is 12.6. The third kappa shape index (κ3) is 4.99. The molecule has 3 heterocycles. The number of ether oxygens (including phenoxy) is 1. The summed E-state index contributed by atoms with van der Waals surface area (Å²) >= 11 is 1.98. The maximum Gasteiger partial charge on any atom is 0.252 e. The molecule has 2 aromatic heterocycles. The first-order valence-electron chi connectivity index (χ1n) is 10.3. The first-order valence-corrected chi connectivity index (χ1v) is 11.4. The highest BCUT2D eigenvalue weighted by molar-refractivity contribution is 7.99. The average Bonchev–Trinajstić information content (AvgIpc) is 3.22. The number of carbonyl (C=O) groups is 1. The van der Waals surface area contributed by atoms with Gasteiger partial charge in [-0.3, -0.25) is 4.79 Å². The first kappa shape index (κ1) is 20.8. The van der Waals surface area contributed by atoms with Crippen molar-refractivity contribution in [3.8, 4) is 0 Å². The molecule has 4 rings (SSSR count). The number of hydrogen-bond donors (Lipinski definition) is 1. The van der Waals surface area contributed by atoms with Crippen LogP contribution in [0.2, 0.25) is 0 Å². The fourth-order valence-corrected chi connectivity index (χ4v) is 4.91. The van der Waals surface area contributed by atoms with E-state index >= 15 is 0 Å². The molecule has 8 heteroatoms. The molecule has 0 saturated carbocycles. The molecule has 1 saturated heterocycles. The molecule has 30 heavy (non-hydrogen) atoms. The van der Waals surface area contributed by atoms with Gasteiger partial charge in [0.15, 0.2) is 0 Å². The number of thioether (sulfide) groups is 1. The maximum atomic E-state index is 12.6. The number of nitrogens with zero attached hydrogens (tertiary/aromatic N) is 4. The second-order valence-electron chi connectivity index (χ2n) is 7.60. The Balaban J connectivity index is 1.33. The van der Waals surface area contributed by atoms with Crippen LogP contribution in [0.3, 0.4) is 0 Å². The zero-order chi connectivity index (χ0) is 20.9. The van der Waals surface area contributed by atoms with Gasteiger partial charge >= 0.3 is 0 Å². The van der Waals surface area contributed by atoms with Gasteiger partial charge in [-0.1, -0.05) is 12.1 Å². The Labute approximate surface area is 180 Å². The molecule has 0 aliphatic carbocycles. The summed E-state index contributed by atoms with van der Waals surface area (Å²) in [4.78, 5) is 21.2. The van der Waals surface area contributed by atoms with Crippen LogP contribution in [0.4, 0.5) is 5.69 Å². The standard InChI is InChI=1S/C22H27N5O2S/c1-15-20(16(2)27-22(25-15)23-14-24-27)6-7-21(28)26-18-5-3-4-17(12-18)13-30-19-8-10-29-11-9-19/h3-5,12,14,19H,6-11,13H2,1-2H3,(H,26,28). The van der Waals surface area contributed by atoms with Gasteiger partial charge < -0.3 is 10.1 Å². The van der Waals surface area contributed by atoms with E-state index in [4.69, 9.17) is 4.74 Å². The van der Waals surface area contributed by atoms with E-state index in [1.807, 2.05) is 37.7 Å². The second-order valence-corrected chi connectivity index (χ2v) is 8.89. The lowest BCUT2D eigenvalue weighted by Crippen LogP contribution is -2.17. The zero-order valence-electron chi connectivity index (χ0n) is 17.4. The van der Waals surface area contributed by atoms with Gasteiger partial charge in [-0.2, -0.15) is 21.8 Å². The molecule has 0 spiro atoms. The topological polar surface area (TPSA) is 81.4 Å². The monoisotopic (exact) mass is 425 g/mol. The number of anilines is 1. The normalized spacial score (nSPS) is 14.9. The summed E-state index contributed by atoms with van der Waals surface area (Å²) in [5, 5.41) is 7.91. The molecule has 0 radical (unpaired) electrons. The molecule has 1 N–H and O–H groups in total. The lowest BCUT2D eigenvalue weighted by molar-refractivity contribution is -0.116. The molecule has 0 bridgehead atoms. The largest absolute Gasteiger partial charge is 0.381 e. The molecule has 7 nitrogen and oxygen atoms in total. The minimum absolute atomic E-state index is 0.00159. The fourth-order valence-electron chi connectivity index (χ4n) is 3.77. The van der Waals surface area contributed by atoms with Crippen LogP contribution >= 0.6 is 11.8 Å². The van der Waals surface area contributed by atoms with E-state index in [1.165, 1.54) is 11.9 Å². The predicted octanol–water partition coefficient (Wildman–Crippen LogP) is 3.72. The Morgan fingerprint density at radius 1 is 1.30 bits per heavy atom. The Bertz CT molecular complexity index is 1030. The summed E-state index contributed by atoms with van der Waals surface area (Å²) in [7, 11) is 0. The van der Waals surface area contributed by atoms with Crippen LogP contribution in [0.15, 0.2) is 30.6 Å². The average molecular weight is 426 g/mol. The lowest BCUT2D eigenvalue weighted by Gasteiger charge is -2.21. The molecule has 1 aliphatic rings. The van der Waals surface area contributed by atoms with Crippen molar-refractivity contribution in [3.63, 3.8) is 0 Å². The van der Waals surface area contributed by atoms with Crippen molar-refractivity contribution in [2.24, 2.45) is 0 Å². The van der Waals surface area contributed by atoms with E-state index < -0.39 is 0 Å². The van der Waals surface area contributed by atoms with Crippen molar-refractivity contribution in [2.45, 2.75) is 50.5 Å². The van der Waals surface area contributed by atoms with E-state index in [0.717, 1.165) is 54.4 Å². The van der Waals surface area contributed by atoms with Crippen LogP contribution in [0.5, 0.6) is 0 Å². The third-order valence-electron chi connectivity index (χ3n) is 5.46. The van der Waals surface area contributed by atoms with Gasteiger partial charge in [-0.15, -0.1) is 0 Å². The van der Waals surface area contributed by atoms with Crippen LogP contribution in [-0.2, 0) is 21.7 Å². The van der Waals surface area contributed by atoms with E-state index in [9.17, 15) is 4.79 Å². The summed E-state index contributed by atoms with van der Waals surface area (Å²) in [5.41, 5.74) is 5.01. The van der Waals surface area contributed by atoms with Crippen LogP contribution in [0, 0.1) is 13.8 Å². The Kier molecular flexibility index (Phi) is 6.64. The number of aryl methyl sites for hydroxylation is 2. The van der Waals surface area contributed by atoms with Crippen LogP contribution in [0.25, 0.3) is 5.78 Å². The Hall–Kier alpha value is -2.45. The summed E-state index contributed by atoms with van der Waals surface area (Å²) in [5.74, 6) is 1.55. The molecule has 1 aromatic carbocycles. The number of nitrogens with one attached hydrogen (secondary N) is 1. The number of benzene rings is 1. The van der Waals surface area contributed by atoms with E-state index in [0.29, 0.717) is 23.9 Å². The summed E-state index contributed by atoms with van der Waals surface area (Å²) in [6.45, 7) is 5.68. The molecule has 3 aromatic rings. The van der Waals surface area contributed by atoms with Crippen molar-refractivity contribution < 1.29 is 9.53 Å². The van der Waals surface area contributed by atoms with E-state index in [1.54, 1.807) is 4.52 Å². The minimum atomic E-state index is 0.00159. The van der Waals surface area contributed by atoms with Gasteiger partial charge in [0, 0.05) is 47.7 Å². The van der Waals surface area contributed by atoms with E-state index in [2.05, 4.69) is 32.5 Å². The van der Waals surface area contributed by atoms with Crippen molar-refractivity contribution >= 4 is 29.1 Å². The number of aromatic nitrogens is 4. The summed E-state index contributed by atoms with van der Waals surface area (Å²) in [6.07, 6.45) is 4.75. The molecule has 158 valence electrons. The number of carbonyl (C=O) groups excluding carboxylic acids is 1. The second kappa shape index (κ2) is 9.57. The van der Waals surface area contributed by atoms with Crippen LogP contribution < -0.4 is 5.32 Å². The van der Waals surface area contributed by atoms with Crippen molar-refractivity contribution in [3.05, 3.63) is 53.1 Å².